The lowest BCUT2D eigenvalue weighted by Crippen LogP contribution is -2.43. The number of hydrogen-bond donors (Lipinski definition) is 1. The molecule has 2 atom stereocenters. The molecule has 1 fully saturated rings. The number of aromatic nitrogens is 3. The SMILES string of the molecule is CCC(=O)N[C@@H]1CCCC[C@@H]1Cc1nn(C)c(=O)n1C. The van der Waals surface area contributed by atoms with Gasteiger partial charge in [0.1, 0.15) is 5.82 Å². The van der Waals surface area contributed by atoms with Crippen molar-refractivity contribution in [2.75, 3.05) is 0 Å². The Labute approximate surface area is 119 Å². The monoisotopic (exact) mass is 280 g/mol. The number of aryl methyl sites for hydroxylation is 1. The van der Waals surface area contributed by atoms with Crippen LogP contribution in [0.1, 0.15) is 44.9 Å². The van der Waals surface area contributed by atoms with Crippen LogP contribution in [0.4, 0.5) is 0 Å². The first-order valence-electron chi connectivity index (χ1n) is 7.41. The molecule has 1 aliphatic carbocycles. The predicted octanol–water partition coefficient (Wildman–Crippen LogP) is 0.746. The van der Waals surface area contributed by atoms with Crippen LogP contribution in [0, 0.1) is 5.92 Å². The van der Waals surface area contributed by atoms with Gasteiger partial charge < -0.3 is 5.32 Å². The molecule has 2 rings (SSSR count). The third kappa shape index (κ3) is 3.11. The van der Waals surface area contributed by atoms with Crippen LogP contribution in [0.15, 0.2) is 4.79 Å². The molecule has 0 aliphatic heterocycles. The molecule has 20 heavy (non-hydrogen) atoms. The summed E-state index contributed by atoms with van der Waals surface area (Å²) in [5.41, 5.74) is -0.0926. The van der Waals surface area contributed by atoms with Crippen LogP contribution in [0.25, 0.3) is 0 Å². The fourth-order valence-corrected chi connectivity index (χ4v) is 2.97. The van der Waals surface area contributed by atoms with Crippen LogP contribution in [0.2, 0.25) is 0 Å². The van der Waals surface area contributed by atoms with Crippen molar-refractivity contribution in [2.45, 2.75) is 51.5 Å². The number of nitrogens with zero attached hydrogens (tertiary/aromatic N) is 3. The Kier molecular flexibility index (Phi) is 4.62. The van der Waals surface area contributed by atoms with Gasteiger partial charge in [0.05, 0.1) is 0 Å². The first-order chi connectivity index (χ1) is 9.52. The Morgan fingerprint density at radius 1 is 1.35 bits per heavy atom. The van der Waals surface area contributed by atoms with Crippen LogP contribution >= 0.6 is 0 Å². The zero-order valence-electron chi connectivity index (χ0n) is 12.6. The molecule has 0 unspecified atom stereocenters. The lowest BCUT2D eigenvalue weighted by molar-refractivity contribution is -0.122. The van der Waals surface area contributed by atoms with Gasteiger partial charge in [-0.25, -0.2) is 9.48 Å². The Hall–Kier alpha value is -1.59. The highest BCUT2D eigenvalue weighted by molar-refractivity contribution is 5.75. The molecule has 0 radical (unpaired) electrons. The Morgan fingerprint density at radius 2 is 2.05 bits per heavy atom. The van der Waals surface area contributed by atoms with Crippen LogP contribution < -0.4 is 11.0 Å². The van der Waals surface area contributed by atoms with Gasteiger partial charge in [0.2, 0.25) is 5.91 Å². The molecule has 1 aliphatic rings. The molecular weight excluding hydrogens is 256 g/mol. The second-order valence-electron chi connectivity index (χ2n) is 5.66. The average Bonchev–Trinajstić information content (AvgIpc) is 2.68. The standard InChI is InChI=1S/C14H24N4O2/c1-4-13(19)15-11-8-6-5-7-10(11)9-12-16-18(3)14(20)17(12)2/h10-11H,4-9H2,1-3H3,(H,15,19)/t10-,11-/m1/s1. The fraction of sp³-hybridized carbons (Fsp3) is 0.786. The van der Waals surface area contributed by atoms with Gasteiger partial charge in [0.15, 0.2) is 0 Å². The van der Waals surface area contributed by atoms with E-state index in [-0.39, 0.29) is 17.6 Å². The molecular formula is C14H24N4O2. The van der Waals surface area contributed by atoms with E-state index in [0.29, 0.717) is 12.3 Å². The number of amides is 1. The van der Waals surface area contributed by atoms with E-state index in [2.05, 4.69) is 10.4 Å². The Morgan fingerprint density at radius 3 is 2.65 bits per heavy atom. The van der Waals surface area contributed by atoms with Gasteiger partial charge in [-0.05, 0) is 18.8 Å². The van der Waals surface area contributed by atoms with Crippen molar-refractivity contribution in [3.63, 3.8) is 0 Å². The average molecular weight is 280 g/mol. The number of carbonyl (C=O) groups excluding carboxylic acids is 1. The number of nitrogens with one attached hydrogen (secondary N) is 1. The van der Waals surface area contributed by atoms with Crippen molar-refractivity contribution < 1.29 is 4.79 Å². The van der Waals surface area contributed by atoms with Crippen LogP contribution in [0.5, 0.6) is 0 Å². The predicted molar refractivity (Wildman–Crippen MR) is 76.3 cm³/mol. The van der Waals surface area contributed by atoms with Gasteiger partial charge >= 0.3 is 5.69 Å². The van der Waals surface area contributed by atoms with Crippen LogP contribution in [0.3, 0.4) is 0 Å². The topological polar surface area (TPSA) is 68.9 Å². The molecule has 0 aromatic carbocycles. The van der Waals surface area contributed by atoms with Crippen molar-refractivity contribution >= 4 is 5.91 Å². The van der Waals surface area contributed by atoms with Gasteiger partial charge in [-0.2, -0.15) is 5.10 Å². The first kappa shape index (κ1) is 14.8. The van der Waals surface area contributed by atoms with Crippen molar-refractivity contribution in [1.29, 1.82) is 0 Å². The maximum absolute atomic E-state index is 11.7. The van der Waals surface area contributed by atoms with Gasteiger partial charge in [-0.1, -0.05) is 19.8 Å². The summed E-state index contributed by atoms with van der Waals surface area (Å²) in [6.07, 6.45) is 5.72. The smallest absolute Gasteiger partial charge is 0.345 e. The van der Waals surface area contributed by atoms with E-state index in [9.17, 15) is 9.59 Å². The summed E-state index contributed by atoms with van der Waals surface area (Å²) in [4.78, 5) is 23.3. The zero-order valence-corrected chi connectivity index (χ0v) is 12.6. The van der Waals surface area contributed by atoms with Crippen LogP contribution in [-0.4, -0.2) is 26.3 Å². The van der Waals surface area contributed by atoms with Gasteiger partial charge in [-0.15, -0.1) is 0 Å². The van der Waals surface area contributed by atoms with E-state index >= 15 is 0 Å². The third-order valence-electron chi connectivity index (χ3n) is 4.24. The molecule has 6 heteroatoms. The Bertz CT molecular complexity index is 532. The number of carbonyl (C=O) groups is 1. The fourth-order valence-electron chi connectivity index (χ4n) is 2.97. The molecule has 112 valence electrons. The van der Waals surface area contributed by atoms with E-state index < -0.39 is 0 Å². The minimum absolute atomic E-state index is 0.0926. The summed E-state index contributed by atoms with van der Waals surface area (Å²) in [5.74, 6) is 1.29. The minimum atomic E-state index is -0.0926. The van der Waals surface area contributed by atoms with E-state index in [1.807, 2.05) is 6.92 Å². The summed E-state index contributed by atoms with van der Waals surface area (Å²) in [7, 11) is 3.43. The molecule has 1 saturated carbocycles. The van der Waals surface area contributed by atoms with Gasteiger partial charge in [-0.3, -0.25) is 9.36 Å². The second kappa shape index (κ2) is 6.24. The minimum Gasteiger partial charge on any atom is -0.353 e. The molecule has 0 saturated heterocycles. The third-order valence-corrected chi connectivity index (χ3v) is 4.24. The van der Waals surface area contributed by atoms with E-state index in [4.69, 9.17) is 0 Å². The molecule has 6 nitrogen and oxygen atoms in total. The van der Waals surface area contributed by atoms with Crippen molar-refractivity contribution in [3.8, 4) is 0 Å². The second-order valence-corrected chi connectivity index (χ2v) is 5.66. The van der Waals surface area contributed by atoms with Crippen molar-refractivity contribution in [1.82, 2.24) is 19.7 Å². The molecule has 0 spiro atoms. The largest absolute Gasteiger partial charge is 0.353 e. The highest BCUT2D eigenvalue weighted by Crippen LogP contribution is 2.27. The summed E-state index contributed by atoms with van der Waals surface area (Å²) in [6.45, 7) is 1.87. The van der Waals surface area contributed by atoms with Crippen molar-refractivity contribution in [2.24, 2.45) is 20.0 Å². The molecule has 0 bridgehead atoms. The Balaban J connectivity index is 2.10. The highest BCUT2D eigenvalue weighted by atomic mass is 16.2. The molecule has 1 heterocycles. The molecule has 1 aromatic heterocycles. The normalized spacial score (nSPS) is 22.8. The van der Waals surface area contributed by atoms with E-state index in [1.165, 1.54) is 11.1 Å². The maximum atomic E-state index is 11.7. The van der Waals surface area contributed by atoms with Gasteiger partial charge in [0, 0.05) is 33.0 Å². The number of hydrogen-bond acceptors (Lipinski definition) is 3. The van der Waals surface area contributed by atoms with E-state index in [0.717, 1.165) is 31.5 Å². The maximum Gasteiger partial charge on any atom is 0.345 e. The quantitative estimate of drug-likeness (QED) is 0.884. The van der Waals surface area contributed by atoms with Crippen LogP contribution in [-0.2, 0) is 25.3 Å². The summed E-state index contributed by atoms with van der Waals surface area (Å²) < 4.78 is 2.98. The number of rotatable bonds is 4. The first-order valence-corrected chi connectivity index (χ1v) is 7.41. The summed E-state index contributed by atoms with van der Waals surface area (Å²) in [6, 6.07) is 0.216. The van der Waals surface area contributed by atoms with Gasteiger partial charge in [0.25, 0.3) is 0 Å². The molecule has 1 aromatic rings. The van der Waals surface area contributed by atoms with Crippen molar-refractivity contribution in [3.05, 3.63) is 16.3 Å². The molecule has 1 amide bonds. The summed E-state index contributed by atoms with van der Waals surface area (Å²) in [5, 5.41) is 7.41. The zero-order chi connectivity index (χ0) is 14.7. The molecule has 1 N–H and O–H groups in total. The van der Waals surface area contributed by atoms with E-state index in [1.54, 1.807) is 18.7 Å². The lowest BCUT2D eigenvalue weighted by Gasteiger charge is -2.31. The lowest BCUT2D eigenvalue weighted by atomic mass is 9.82. The highest BCUT2D eigenvalue weighted by Gasteiger charge is 2.27. The summed E-state index contributed by atoms with van der Waals surface area (Å²) >= 11 is 0.